The van der Waals surface area contributed by atoms with E-state index in [9.17, 15) is 13.5 Å². The number of nitrogens with one attached hydrogen (secondary N) is 1. The van der Waals surface area contributed by atoms with Gasteiger partial charge in [0.1, 0.15) is 0 Å². The van der Waals surface area contributed by atoms with E-state index < -0.39 is 16.1 Å². The molecule has 112 valence electrons. The highest BCUT2D eigenvalue weighted by atomic mass is 79.9. The summed E-state index contributed by atoms with van der Waals surface area (Å²) in [6.45, 7) is 1.60. The molecule has 0 fully saturated rings. The Labute approximate surface area is 133 Å². The van der Waals surface area contributed by atoms with Crippen LogP contribution < -0.4 is 4.72 Å². The summed E-state index contributed by atoms with van der Waals surface area (Å²) in [7, 11) is -3.67. The van der Waals surface area contributed by atoms with E-state index in [2.05, 4.69) is 20.7 Å². The van der Waals surface area contributed by atoms with Crippen LogP contribution in [0.5, 0.6) is 0 Å². The molecule has 2 N–H and O–H groups in total. The molecule has 2 aromatic rings. The molecule has 2 aromatic carbocycles. The molecule has 0 aliphatic rings. The first-order valence-corrected chi connectivity index (χ1v) is 8.99. The van der Waals surface area contributed by atoms with E-state index >= 15 is 0 Å². The van der Waals surface area contributed by atoms with Crippen molar-refractivity contribution in [3.8, 4) is 0 Å². The number of hydrogen-bond donors (Lipinski definition) is 2. The first kappa shape index (κ1) is 16.0. The second-order valence-electron chi connectivity index (χ2n) is 4.65. The molecule has 6 heteroatoms. The standard InChI is InChI=1S/C15H16BrNO3S/c1-11(18)14-4-2-3-5-15(14)17-21(19,20)13-8-6-12(10-16)7-9-13/h2-9,11,17-18H,10H2,1H3. The summed E-state index contributed by atoms with van der Waals surface area (Å²) in [4.78, 5) is 0.188. The van der Waals surface area contributed by atoms with Crippen LogP contribution in [0, 0.1) is 0 Å². The maximum Gasteiger partial charge on any atom is 0.261 e. The van der Waals surface area contributed by atoms with Gasteiger partial charge in [-0.2, -0.15) is 0 Å². The highest BCUT2D eigenvalue weighted by Crippen LogP contribution is 2.25. The van der Waals surface area contributed by atoms with Gasteiger partial charge in [-0.25, -0.2) is 8.42 Å². The number of anilines is 1. The summed E-state index contributed by atoms with van der Waals surface area (Å²) in [6.07, 6.45) is -0.750. The summed E-state index contributed by atoms with van der Waals surface area (Å²) in [6, 6.07) is 13.4. The fourth-order valence-corrected chi connectivity index (χ4v) is 3.38. The number of halogens is 1. The molecule has 0 saturated carbocycles. The Bertz CT molecular complexity index is 712. The van der Waals surface area contributed by atoms with E-state index in [1.807, 2.05) is 0 Å². The topological polar surface area (TPSA) is 66.4 Å². The predicted molar refractivity (Wildman–Crippen MR) is 87.0 cm³/mol. The maximum absolute atomic E-state index is 12.4. The number of aliphatic hydroxyl groups excluding tert-OH is 1. The molecule has 0 radical (unpaired) electrons. The number of alkyl halides is 1. The number of rotatable bonds is 5. The highest BCUT2D eigenvalue weighted by Gasteiger charge is 2.17. The Hall–Kier alpha value is -1.37. The van der Waals surface area contributed by atoms with E-state index in [0.29, 0.717) is 16.6 Å². The Kier molecular flexibility index (Phi) is 5.03. The van der Waals surface area contributed by atoms with Crippen molar-refractivity contribution < 1.29 is 13.5 Å². The smallest absolute Gasteiger partial charge is 0.261 e. The lowest BCUT2D eigenvalue weighted by Gasteiger charge is -2.14. The lowest BCUT2D eigenvalue weighted by atomic mass is 10.1. The normalized spacial score (nSPS) is 12.9. The molecule has 21 heavy (non-hydrogen) atoms. The molecule has 0 amide bonds. The third kappa shape index (κ3) is 3.84. The average molecular weight is 370 g/mol. The fraction of sp³-hybridized carbons (Fsp3) is 0.200. The van der Waals surface area contributed by atoms with Gasteiger partial charge in [0.05, 0.1) is 16.7 Å². The van der Waals surface area contributed by atoms with Crippen LogP contribution in [0.15, 0.2) is 53.4 Å². The van der Waals surface area contributed by atoms with Crippen LogP contribution >= 0.6 is 15.9 Å². The van der Waals surface area contributed by atoms with Gasteiger partial charge in [0, 0.05) is 10.9 Å². The summed E-state index contributed by atoms with van der Waals surface area (Å²) in [5, 5.41) is 10.4. The average Bonchev–Trinajstić information content (AvgIpc) is 2.47. The lowest BCUT2D eigenvalue weighted by molar-refractivity contribution is 0.200. The van der Waals surface area contributed by atoms with Crippen LogP contribution in [-0.2, 0) is 15.4 Å². The predicted octanol–water partition coefficient (Wildman–Crippen LogP) is 3.44. The van der Waals surface area contributed by atoms with Crippen LogP contribution in [0.4, 0.5) is 5.69 Å². The van der Waals surface area contributed by atoms with Crippen LogP contribution in [-0.4, -0.2) is 13.5 Å². The molecule has 0 saturated heterocycles. The summed E-state index contributed by atoms with van der Waals surface area (Å²) in [5.41, 5.74) is 1.92. The SMILES string of the molecule is CC(O)c1ccccc1NS(=O)(=O)c1ccc(CBr)cc1. The zero-order chi connectivity index (χ0) is 15.5. The van der Waals surface area contributed by atoms with Crippen molar-refractivity contribution >= 4 is 31.6 Å². The van der Waals surface area contributed by atoms with Gasteiger partial charge in [-0.3, -0.25) is 4.72 Å². The van der Waals surface area contributed by atoms with Crippen molar-refractivity contribution in [2.45, 2.75) is 23.3 Å². The Morgan fingerprint density at radius 2 is 1.76 bits per heavy atom. The molecule has 1 atom stereocenters. The molecular formula is C15H16BrNO3S. The molecule has 0 spiro atoms. The van der Waals surface area contributed by atoms with Crippen LogP contribution in [0.25, 0.3) is 0 Å². The Morgan fingerprint density at radius 1 is 1.14 bits per heavy atom. The number of sulfonamides is 1. The molecule has 0 aliphatic heterocycles. The van der Waals surface area contributed by atoms with Crippen molar-refractivity contribution in [3.63, 3.8) is 0 Å². The fourth-order valence-electron chi connectivity index (χ4n) is 1.92. The Balaban J connectivity index is 2.33. The van der Waals surface area contributed by atoms with Gasteiger partial charge < -0.3 is 5.11 Å². The first-order valence-electron chi connectivity index (χ1n) is 6.39. The van der Waals surface area contributed by atoms with Gasteiger partial charge in [-0.15, -0.1) is 0 Å². The number of benzene rings is 2. The number of aliphatic hydroxyl groups is 1. The van der Waals surface area contributed by atoms with Gasteiger partial charge in [-0.05, 0) is 30.7 Å². The Morgan fingerprint density at radius 3 is 2.33 bits per heavy atom. The van der Waals surface area contributed by atoms with E-state index in [1.165, 1.54) is 0 Å². The van der Waals surface area contributed by atoms with Gasteiger partial charge >= 0.3 is 0 Å². The molecule has 1 unspecified atom stereocenters. The zero-order valence-corrected chi connectivity index (χ0v) is 13.9. The quantitative estimate of drug-likeness (QED) is 0.793. The molecule has 4 nitrogen and oxygen atoms in total. The van der Waals surface area contributed by atoms with E-state index in [1.54, 1.807) is 55.5 Å². The number of para-hydroxylation sites is 1. The highest BCUT2D eigenvalue weighted by molar-refractivity contribution is 9.08. The van der Waals surface area contributed by atoms with Gasteiger partial charge in [0.15, 0.2) is 0 Å². The summed E-state index contributed by atoms with van der Waals surface area (Å²) in [5.74, 6) is 0. The molecule has 0 aromatic heterocycles. The lowest BCUT2D eigenvalue weighted by Crippen LogP contribution is -2.14. The summed E-state index contributed by atoms with van der Waals surface area (Å²) < 4.78 is 27.3. The maximum atomic E-state index is 12.4. The van der Waals surface area contributed by atoms with E-state index in [-0.39, 0.29) is 4.90 Å². The zero-order valence-electron chi connectivity index (χ0n) is 11.5. The monoisotopic (exact) mass is 369 g/mol. The first-order chi connectivity index (χ1) is 9.94. The molecule has 2 rings (SSSR count). The van der Waals surface area contributed by atoms with Crippen molar-refractivity contribution in [1.29, 1.82) is 0 Å². The second-order valence-corrected chi connectivity index (χ2v) is 6.89. The summed E-state index contributed by atoms with van der Waals surface area (Å²) >= 11 is 3.32. The van der Waals surface area contributed by atoms with E-state index in [0.717, 1.165) is 5.56 Å². The number of hydrogen-bond acceptors (Lipinski definition) is 3. The van der Waals surface area contributed by atoms with Crippen LogP contribution in [0.2, 0.25) is 0 Å². The van der Waals surface area contributed by atoms with Crippen molar-refractivity contribution in [3.05, 3.63) is 59.7 Å². The third-order valence-electron chi connectivity index (χ3n) is 3.04. The molecular weight excluding hydrogens is 354 g/mol. The molecule has 0 aliphatic carbocycles. The van der Waals surface area contributed by atoms with Gasteiger partial charge in [0.2, 0.25) is 0 Å². The van der Waals surface area contributed by atoms with E-state index in [4.69, 9.17) is 0 Å². The van der Waals surface area contributed by atoms with Gasteiger partial charge in [-0.1, -0.05) is 46.3 Å². The molecule has 0 bridgehead atoms. The minimum atomic E-state index is -3.67. The largest absolute Gasteiger partial charge is 0.389 e. The molecule has 0 heterocycles. The van der Waals surface area contributed by atoms with Crippen molar-refractivity contribution in [1.82, 2.24) is 0 Å². The van der Waals surface area contributed by atoms with Crippen LogP contribution in [0.1, 0.15) is 24.2 Å². The van der Waals surface area contributed by atoms with Crippen LogP contribution in [0.3, 0.4) is 0 Å². The van der Waals surface area contributed by atoms with Crippen molar-refractivity contribution in [2.24, 2.45) is 0 Å². The van der Waals surface area contributed by atoms with Crippen molar-refractivity contribution in [2.75, 3.05) is 4.72 Å². The second kappa shape index (κ2) is 6.60. The third-order valence-corrected chi connectivity index (χ3v) is 5.07. The minimum Gasteiger partial charge on any atom is -0.389 e. The minimum absolute atomic E-state index is 0.188. The van der Waals surface area contributed by atoms with Gasteiger partial charge in [0.25, 0.3) is 10.0 Å².